The molecule has 2 atom stereocenters. The number of carboxylic acid groups (broad SMARTS) is 1. The molecule has 0 spiro atoms. The molecule has 100 valence electrons. The van der Waals surface area contributed by atoms with Crippen LogP contribution in [0.25, 0.3) is 0 Å². The summed E-state index contributed by atoms with van der Waals surface area (Å²) in [6, 6.07) is 1.94. The van der Waals surface area contributed by atoms with E-state index in [0.717, 1.165) is 20.5 Å². The number of aryl methyl sites for hydroxylation is 1. The molecule has 18 heavy (non-hydrogen) atoms. The van der Waals surface area contributed by atoms with Gasteiger partial charge in [-0.25, -0.2) is 8.42 Å². The van der Waals surface area contributed by atoms with Crippen molar-refractivity contribution in [2.75, 3.05) is 6.54 Å². The highest BCUT2D eigenvalue weighted by atomic mass is 32.2. The molecule has 1 aromatic heterocycles. The predicted octanol–water partition coefficient (Wildman–Crippen LogP) is 0.265. The molecule has 6 nitrogen and oxygen atoms in total. The molecule has 1 aliphatic rings. The highest BCUT2D eigenvalue weighted by Crippen LogP contribution is 2.30. The standard InChI is InChI=1S/C10H13NO5S2/c1-6-2-3-9(17-6)18(15,16)11-5-7(12)4-8(11)10(13)14/h2-3,7-8,12H,4-5H2,1H3,(H,13,14)/t7-,8+/m1/s1. The van der Waals surface area contributed by atoms with Gasteiger partial charge in [0.2, 0.25) is 0 Å². The molecule has 0 bridgehead atoms. The van der Waals surface area contributed by atoms with E-state index in [1.54, 1.807) is 13.0 Å². The average Bonchev–Trinajstić information content (AvgIpc) is 2.84. The molecule has 1 aliphatic heterocycles. The van der Waals surface area contributed by atoms with Crippen LogP contribution < -0.4 is 0 Å². The van der Waals surface area contributed by atoms with Crippen molar-refractivity contribution in [1.82, 2.24) is 4.31 Å². The third kappa shape index (κ3) is 2.28. The van der Waals surface area contributed by atoms with Crippen molar-refractivity contribution < 1.29 is 23.4 Å². The number of aliphatic hydroxyl groups excluding tert-OH is 1. The van der Waals surface area contributed by atoms with E-state index in [-0.39, 0.29) is 17.2 Å². The van der Waals surface area contributed by atoms with Gasteiger partial charge in [0.1, 0.15) is 10.3 Å². The van der Waals surface area contributed by atoms with Crippen LogP contribution in [0.3, 0.4) is 0 Å². The summed E-state index contributed by atoms with van der Waals surface area (Å²) in [5, 5.41) is 18.5. The van der Waals surface area contributed by atoms with E-state index in [0.29, 0.717) is 0 Å². The van der Waals surface area contributed by atoms with Crippen LogP contribution in [-0.2, 0) is 14.8 Å². The van der Waals surface area contributed by atoms with Gasteiger partial charge >= 0.3 is 5.97 Å². The number of aliphatic hydroxyl groups is 1. The van der Waals surface area contributed by atoms with Gasteiger partial charge in [0, 0.05) is 17.8 Å². The normalized spacial score (nSPS) is 25.4. The summed E-state index contributed by atoms with van der Waals surface area (Å²) in [6.45, 7) is 1.60. The lowest BCUT2D eigenvalue weighted by Crippen LogP contribution is -2.40. The highest BCUT2D eigenvalue weighted by molar-refractivity contribution is 7.91. The third-order valence-corrected chi connectivity index (χ3v) is 6.14. The maximum atomic E-state index is 12.3. The van der Waals surface area contributed by atoms with Crippen molar-refractivity contribution in [3.8, 4) is 0 Å². The zero-order valence-electron chi connectivity index (χ0n) is 9.61. The molecule has 0 aliphatic carbocycles. The first kappa shape index (κ1) is 13.5. The van der Waals surface area contributed by atoms with E-state index in [2.05, 4.69) is 0 Å². The van der Waals surface area contributed by atoms with Gasteiger partial charge in [0.05, 0.1) is 6.10 Å². The molecule has 0 unspecified atom stereocenters. The van der Waals surface area contributed by atoms with Crippen molar-refractivity contribution >= 4 is 27.3 Å². The first-order chi connectivity index (χ1) is 8.32. The Morgan fingerprint density at radius 2 is 2.17 bits per heavy atom. The lowest BCUT2D eigenvalue weighted by molar-refractivity contribution is -0.140. The Labute approximate surface area is 109 Å². The smallest absolute Gasteiger partial charge is 0.322 e. The number of thiophene rings is 1. The van der Waals surface area contributed by atoms with Gasteiger partial charge in [-0.1, -0.05) is 0 Å². The number of hydrogen-bond acceptors (Lipinski definition) is 5. The Bertz CT molecular complexity index is 565. The highest BCUT2D eigenvalue weighted by Gasteiger charge is 2.43. The number of hydrogen-bond donors (Lipinski definition) is 2. The van der Waals surface area contributed by atoms with Gasteiger partial charge in [-0.05, 0) is 19.1 Å². The molecule has 1 fully saturated rings. The van der Waals surface area contributed by atoms with E-state index >= 15 is 0 Å². The molecule has 1 aromatic rings. The Balaban J connectivity index is 2.38. The third-order valence-electron chi connectivity index (χ3n) is 2.80. The quantitative estimate of drug-likeness (QED) is 0.833. The van der Waals surface area contributed by atoms with E-state index in [9.17, 15) is 18.3 Å². The second-order valence-corrected chi connectivity index (χ2v) is 7.59. The van der Waals surface area contributed by atoms with E-state index in [4.69, 9.17) is 5.11 Å². The largest absolute Gasteiger partial charge is 0.480 e. The van der Waals surface area contributed by atoms with Crippen LogP contribution >= 0.6 is 11.3 Å². The fourth-order valence-corrected chi connectivity index (χ4v) is 4.98. The molecule has 2 rings (SSSR count). The van der Waals surface area contributed by atoms with Crippen molar-refractivity contribution in [2.24, 2.45) is 0 Å². The van der Waals surface area contributed by atoms with Crippen LogP contribution in [0.1, 0.15) is 11.3 Å². The molecule has 0 radical (unpaired) electrons. The minimum absolute atomic E-state index is 0.0705. The van der Waals surface area contributed by atoms with Gasteiger partial charge in [-0.2, -0.15) is 4.31 Å². The van der Waals surface area contributed by atoms with Crippen molar-refractivity contribution in [3.63, 3.8) is 0 Å². The van der Waals surface area contributed by atoms with Crippen LogP contribution in [-0.4, -0.2) is 47.6 Å². The van der Waals surface area contributed by atoms with Crippen LogP contribution in [0.5, 0.6) is 0 Å². The number of carboxylic acids is 1. The van der Waals surface area contributed by atoms with Crippen LogP contribution in [0, 0.1) is 6.92 Å². The number of aliphatic carboxylic acids is 1. The maximum absolute atomic E-state index is 12.3. The Kier molecular flexibility index (Phi) is 3.45. The number of nitrogens with zero attached hydrogens (tertiary/aromatic N) is 1. The number of rotatable bonds is 3. The Hall–Kier alpha value is -0.960. The summed E-state index contributed by atoms with van der Waals surface area (Å²) in [7, 11) is -3.83. The van der Waals surface area contributed by atoms with Crippen molar-refractivity contribution in [2.45, 2.75) is 29.7 Å². The molecule has 0 aromatic carbocycles. The molecule has 0 amide bonds. The molecule has 2 N–H and O–H groups in total. The maximum Gasteiger partial charge on any atom is 0.322 e. The molecular formula is C10H13NO5S2. The second kappa shape index (κ2) is 4.61. The van der Waals surface area contributed by atoms with E-state index in [1.807, 2.05) is 0 Å². The van der Waals surface area contributed by atoms with E-state index in [1.165, 1.54) is 6.07 Å². The van der Waals surface area contributed by atoms with Crippen molar-refractivity contribution in [1.29, 1.82) is 0 Å². The lowest BCUT2D eigenvalue weighted by atomic mass is 10.2. The monoisotopic (exact) mass is 291 g/mol. The summed E-state index contributed by atoms with van der Waals surface area (Å²) in [5.41, 5.74) is 0. The molecular weight excluding hydrogens is 278 g/mol. The average molecular weight is 291 g/mol. The summed E-state index contributed by atoms with van der Waals surface area (Å²) >= 11 is 1.09. The SMILES string of the molecule is Cc1ccc(S(=O)(=O)N2C[C@H](O)C[C@H]2C(=O)O)s1. The fourth-order valence-electron chi connectivity index (χ4n) is 1.94. The zero-order chi connectivity index (χ0) is 13.5. The van der Waals surface area contributed by atoms with Gasteiger partial charge in [0.25, 0.3) is 10.0 Å². The summed E-state index contributed by atoms with van der Waals surface area (Å²) in [4.78, 5) is 11.9. The number of carbonyl (C=O) groups is 1. The summed E-state index contributed by atoms with van der Waals surface area (Å²) in [5.74, 6) is -1.23. The fraction of sp³-hybridized carbons (Fsp3) is 0.500. The molecule has 0 saturated carbocycles. The molecule has 2 heterocycles. The zero-order valence-corrected chi connectivity index (χ0v) is 11.2. The van der Waals surface area contributed by atoms with E-state index < -0.39 is 28.1 Å². The van der Waals surface area contributed by atoms with Crippen molar-refractivity contribution in [3.05, 3.63) is 17.0 Å². The number of sulfonamides is 1. The second-order valence-electron chi connectivity index (χ2n) is 4.18. The summed E-state index contributed by atoms with van der Waals surface area (Å²) in [6.07, 6.45) is -0.999. The van der Waals surface area contributed by atoms with Crippen LogP contribution in [0.15, 0.2) is 16.3 Å². The minimum atomic E-state index is -3.83. The van der Waals surface area contributed by atoms with Crippen LogP contribution in [0.4, 0.5) is 0 Å². The van der Waals surface area contributed by atoms with Gasteiger partial charge in [0.15, 0.2) is 0 Å². The van der Waals surface area contributed by atoms with Gasteiger partial charge in [-0.15, -0.1) is 11.3 Å². The lowest BCUT2D eigenvalue weighted by Gasteiger charge is -2.19. The molecule has 1 saturated heterocycles. The first-order valence-electron chi connectivity index (χ1n) is 5.31. The minimum Gasteiger partial charge on any atom is -0.480 e. The van der Waals surface area contributed by atoms with Crippen LogP contribution in [0.2, 0.25) is 0 Å². The Morgan fingerprint density at radius 1 is 1.50 bits per heavy atom. The molecule has 8 heteroatoms. The number of β-amino-alcohol motifs (C(OH)–C–C–N with tert-alkyl or cyclic N) is 1. The first-order valence-corrected chi connectivity index (χ1v) is 7.57. The predicted molar refractivity (Wildman–Crippen MR) is 65.0 cm³/mol. The van der Waals surface area contributed by atoms with Gasteiger partial charge in [-0.3, -0.25) is 4.79 Å². The topological polar surface area (TPSA) is 94.9 Å². The summed E-state index contributed by atoms with van der Waals surface area (Å²) < 4.78 is 25.5. The Morgan fingerprint density at radius 3 is 2.67 bits per heavy atom. The van der Waals surface area contributed by atoms with Gasteiger partial charge < -0.3 is 10.2 Å².